The van der Waals surface area contributed by atoms with Gasteiger partial charge in [-0.2, -0.15) is 0 Å². The third-order valence-electron chi connectivity index (χ3n) is 1.86. The fraction of sp³-hybridized carbons (Fsp3) is 0.250. The molecule has 0 aliphatic rings. The van der Waals surface area contributed by atoms with Crippen LogP contribution in [0.4, 0.5) is 0 Å². The van der Waals surface area contributed by atoms with Gasteiger partial charge in [0, 0.05) is 5.02 Å². The number of hydrogen-bond donors (Lipinski definition) is 1. The highest BCUT2D eigenvalue weighted by Crippen LogP contribution is 2.23. The molecule has 1 aromatic carbocycles. The third-order valence-corrected chi connectivity index (χ3v) is 2.09. The quantitative estimate of drug-likeness (QED) is 0.820. The number of carbonyl (C=O) groups excluding carboxylic acids is 1. The van der Waals surface area contributed by atoms with Crippen molar-refractivity contribution in [3.05, 3.63) is 28.8 Å². The number of carbonyl (C=O) groups is 1. The molecule has 0 aliphatic carbocycles. The summed E-state index contributed by atoms with van der Waals surface area (Å²) in [5.74, 6) is 5.37. The zero-order valence-electron chi connectivity index (χ0n) is 9.08. The first kappa shape index (κ1) is 12.4. The van der Waals surface area contributed by atoms with E-state index >= 15 is 0 Å². The van der Waals surface area contributed by atoms with Crippen molar-refractivity contribution in [1.82, 2.24) is 0 Å². The van der Waals surface area contributed by atoms with Crippen LogP contribution in [-0.2, 0) is 0 Å². The molecule has 84 valence electrons. The van der Waals surface area contributed by atoms with Crippen molar-refractivity contribution in [3.63, 3.8) is 0 Å². The Balaban J connectivity index is 3.02. The molecule has 1 rings (SSSR count). The van der Waals surface area contributed by atoms with Gasteiger partial charge >= 0.3 is 0 Å². The molecule has 4 heteroatoms. The van der Waals surface area contributed by atoms with Crippen LogP contribution in [0.3, 0.4) is 0 Å². The normalized spacial score (nSPS) is 11.2. The van der Waals surface area contributed by atoms with E-state index < -0.39 is 5.91 Å². The molecule has 0 aromatic heterocycles. The number of amides is 1. The Labute approximate surface area is 99.5 Å². The van der Waals surface area contributed by atoms with Crippen molar-refractivity contribution in [1.29, 1.82) is 0 Å². The van der Waals surface area contributed by atoms with Gasteiger partial charge < -0.3 is 10.5 Å². The second-order valence-electron chi connectivity index (χ2n) is 3.16. The first-order valence-electron chi connectivity index (χ1n) is 4.73. The summed E-state index contributed by atoms with van der Waals surface area (Å²) in [6.07, 6.45) is -0.302. The average molecular weight is 238 g/mol. The molecule has 3 nitrogen and oxygen atoms in total. The van der Waals surface area contributed by atoms with E-state index in [9.17, 15) is 4.79 Å². The lowest BCUT2D eigenvalue weighted by Crippen LogP contribution is -2.16. The summed E-state index contributed by atoms with van der Waals surface area (Å²) in [4.78, 5) is 11.2. The molecular weight excluding hydrogens is 226 g/mol. The van der Waals surface area contributed by atoms with Crippen LogP contribution in [-0.4, -0.2) is 12.0 Å². The number of ether oxygens (including phenoxy) is 1. The Morgan fingerprint density at radius 2 is 2.25 bits per heavy atom. The lowest BCUT2D eigenvalue weighted by Gasteiger charge is -2.12. The molecule has 0 saturated carbocycles. The van der Waals surface area contributed by atoms with Crippen LogP contribution in [0, 0.1) is 11.8 Å². The van der Waals surface area contributed by atoms with Gasteiger partial charge in [0.15, 0.2) is 6.10 Å². The molecule has 1 atom stereocenters. The number of hydrogen-bond acceptors (Lipinski definition) is 2. The van der Waals surface area contributed by atoms with Crippen molar-refractivity contribution in [2.75, 3.05) is 0 Å². The molecule has 0 bridgehead atoms. The van der Waals surface area contributed by atoms with Crippen molar-refractivity contribution in [3.8, 4) is 17.6 Å². The van der Waals surface area contributed by atoms with Crippen LogP contribution in [0.2, 0.25) is 5.02 Å². The fourth-order valence-corrected chi connectivity index (χ4v) is 1.39. The van der Waals surface area contributed by atoms with Crippen LogP contribution in [0.5, 0.6) is 5.75 Å². The van der Waals surface area contributed by atoms with E-state index in [-0.39, 0.29) is 11.7 Å². The largest absolute Gasteiger partial charge is 0.477 e. The van der Waals surface area contributed by atoms with Gasteiger partial charge in [0.05, 0.1) is 5.56 Å². The maximum absolute atomic E-state index is 11.2. The molecule has 0 heterocycles. The zero-order valence-corrected chi connectivity index (χ0v) is 9.84. The van der Waals surface area contributed by atoms with Crippen LogP contribution in [0.1, 0.15) is 24.2 Å². The monoisotopic (exact) mass is 237 g/mol. The first-order chi connectivity index (χ1) is 7.54. The van der Waals surface area contributed by atoms with Crippen LogP contribution in [0.25, 0.3) is 0 Å². The molecule has 0 unspecified atom stereocenters. The number of nitrogens with two attached hydrogens (primary N) is 1. The highest BCUT2D eigenvalue weighted by atomic mass is 35.5. The number of halogens is 1. The third kappa shape index (κ3) is 3.18. The predicted molar refractivity (Wildman–Crippen MR) is 63.5 cm³/mol. The smallest absolute Gasteiger partial charge is 0.252 e. The minimum absolute atomic E-state index is 0.261. The van der Waals surface area contributed by atoms with E-state index in [0.717, 1.165) is 0 Å². The number of rotatable bonds is 3. The summed E-state index contributed by atoms with van der Waals surface area (Å²) in [6, 6.07) is 4.72. The van der Waals surface area contributed by atoms with Gasteiger partial charge in [-0.25, -0.2) is 0 Å². The van der Waals surface area contributed by atoms with E-state index in [0.29, 0.717) is 10.8 Å². The second-order valence-corrected chi connectivity index (χ2v) is 3.60. The Morgan fingerprint density at radius 3 is 2.81 bits per heavy atom. The van der Waals surface area contributed by atoms with Gasteiger partial charge in [-0.05, 0) is 32.0 Å². The van der Waals surface area contributed by atoms with E-state index in [2.05, 4.69) is 11.8 Å². The van der Waals surface area contributed by atoms with Gasteiger partial charge in [0.2, 0.25) is 0 Å². The highest BCUT2D eigenvalue weighted by molar-refractivity contribution is 6.31. The molecule has 0 saturated heterocycles. The standard InChI is InChI=1S/C12H12ClNO2/c1-3-4-8(2)16-11-6-5-9(13)7-10(11)12(14)15/h5-8H,1-2H3,(H2,14,15)/t8-/m0/s1. The van der Waals surface area contributed by atoms with Crippen LogP contribution >= 0.6 is 11.6 Å². The summed E-state index contributed by atoms with van der Waals surface area (Å²) < 4.78 is 5.47. The van der Waals surface area contributed by atoms with E-state index in [1.54, 1.807) is 26.0 Å². The van der Waals surface area contributed by atoms with Crippen molar-refractivity contribution in [2.45, 2.75) is 20.0 Å². The van der Waals surface area contributed by atoms with Gasteiger partial charge in [-0.15, -0.1) is 5.92 Å². The number of primary amides is 1. The van der Waals surface area contributed by atoms with Gasteiger partial charge in [0.25, 0.3) is 5.91 Å². The Hall–Kier alpha value is -1.66. The summed E-state index contributed by atoms with van der Waals surface area (Å²) in [5.41, 5.74) is 5.48. The summed E-state index contributed by atoms with van der Waals surface area (Å²) in [6.45, 7) is 3.51. The lowest BCUT2D eigenvalue weighted by molar-refractivity contribution is 0.0995. The summed E-state index contributed by atoms with van der Waals surface area (Å²) in [5, 5.41) is 0.440. The second kappa shape index (κ2) is 5.43. The molecular formula is C12H12ClNO2. The molecule has 0 fully saturated rings. The molecule has 0 aliphatic heterocycles. The summed E-state index contributed by atoms with van der Waals surface area (Å²) >= 11 is 5.77. The lowest BCUT2D eigenvalue weighted by atomic mass is 10.2. The predicted octanol–water partition coefficient (Wildman–Crippen LogP) is 2.23. The van der Waals surface area contributed by atoms with Crippen LogP contribution < -0.4 is 10.5 Å². The van der Waals surface area contributed by atoms with Gasteiger partial charge in [-0.1, -0.05) is 17.5 Å². The van der Waals surface area contributed by atoms with Crippen molar-refractivity contribution in [2.24, 2.45) is 5.73 Å². The zero-order chi connectivity index (χ0) is 12.1. The molecule has 1 aromatic rings. The minimum atomic E-state index is -0.575. The maximum Gasteiger partial charge on any atom is 0.252 e. The van der Waals surface area contributed by atoms with Gasteiger partial charge in [-0.3, -0.25) is 4.79 Å². The Morgan fingerprint density at radius 1 is 1.56 bits per heavy atom. The molecule has 1 amide bonds. The maximum atomic E-state index is 11.2. The van der Waals surface area contributed by atoms with Gasteiger partial charge in [0.1, 0.15) is 5.75 Å². The summed E-state index contributed by atoms with van der Waals surface area (Å²) in [7, 11) is 0. The van der Waals surface area contributed by atoms with Crippen molar-refractivity contribution >= 4 is 17.5 Å². The molecule has 2 N–H and O–H groups in total. The topological polar surface area (TPSA) is 52.3 Å². The first-order valence-corrected chi connectivity index (χ1v) is 5.10. The molecule has 0 radical (unpaired) electrons. The Bertz CT molecular complexity index is 460. The van der Waals surface area contributed by atoms with E-state index in [1.807, 2.05) is 0 Å². The SMILES string of the molecule is CC#C[C@H](C)Oc1ccc(Cl)cc1C(N)=O. The van der Waals surface area contributed by atoms with Crippen LogP contribution in [0.15, 0.2) is 18.2 Å². The molecule has 16 heavy (non-hydrogen) atoms. The molecule has 0 spiro atoms. The average Bonchev–Trinajstić information content (AvgIpc) is 2.20. The van der Waals surface area contributed by atoms with E-state index in [1.165, 1.54) is 6.07 Å². The fourth-order valence-electron chi connectivity index (χ4n) is 1.22. The minimum Gasteiger partial charge on any atom is -0.477 e. The van der Waals surface area contributed by atoms with Crippen molar-refractivity contribution < 1.29 is 9.53 Å². The number of benzene rings is 1. The van der Waals surface area contributed by atoms with E-state index in [4.69, 9.17) is 22.1 Å². The Kier molecular flexibility index (Phi) is 4.21. The highest BCUT2D eigenvalue weighted by Gasteiger charge is 2.11.